The molecule has 0 aromatic carbocycles. The molecule has 0 aromatic rings. The second-order valence-corrected chi connectivity index (χ2v) is 6.88. The maximum atomic E-state index is 12.0. The number of ether oxygens (including phenoxy) is 1. The Morgan fingerprint density at radius 1 is 1.00 bits per heavy atom. The molecular formula is C19H34O3. The standard InChI is InChI=1S/C19H34O3/c1-3-5-7-13-17(10-4-2)15-22-19(21)18(20)14-16-11-8-6-9-12-16/h16-17H,3-15H2,1-2H3. The lowest BCUT2D eigenvalue weighted by molar-refractivity contribution is -0.155. The minimum absolute atomic E-state index is 0.310. The smallest absolute Gasteiger partial charge is 0.374 e. The van der Waals surface area contributed by atoms with Crippen molar-refractivity contribution in [1.82, 2.24) is 0 Å². The lowest BCUT2D eigenvalue weighted by atomic mass is 9.86. The van der Waals surface area contributed by atoms with E-state index < -0.39 is 5.97 Å². The highest BCUT2D eigenvalue weighted by Gasteiger charge is 2.23. The summed E-state index contributed by atoms with van der Waals surface area (Å²) in [5.74, 6) is -0.0781. The molecule has 0 N–H and O–H groups in total. The Morgan fingerprint density at radius 2 is 1.73 bits per heavy atom. The van der Waals surface area contributed by atoms with Gasteiger partial charge in [-0.2, -0.15) is 0 Å². The second-order valence-electron chi connectivity index (χ2n) is 6.88. The average Bonchev–Trinajstić information content (AvgIpc) is 2.53. The summed E-state index contributed by atoms with van der Waals surface area (Å²) in [5, 5.41) is 0. The molecule has 128 valence electrons. The lowest BCUT2D eigenvalue weighted by Gasteiger charge is -2.20. The predicted octanol–water partition coefficient (Wildman–Crippen LogP) is 5.07. The Hall–Kier alpha value is -0.860. The van der Waals surface area contributed by atoms with Crippen LogP contribution in [0.1, 0.15) is 90.9 Å². The fourth-order valence-electron chi connectivity index (χ4n) is 3.41. The molecule has 1 aliphatic carbocycles. The van der Waals surface area contributed by atoms with Crippen LogP contribution in [0.2, 0.25) is 0 Å². The van der Waals surface area contributed by atoms with Gasteiger partial charge in [0.2, 0.25) is 5.78 Å². The lowest BCUT2D eigenvalue weighted by Crippen LogP contribution is -2.24. The first-order valence-electron chi connectivity index (χ1n) is 9.37. The van der Waals surface area contributed by atoms with Crippen LogP contribution in [0, 0.1) is 11.8 Å². The highest BCUT2D eigenvalue weighted by atomic mass is 16.5. The van der Waals surface area contributed by atoms with Crippen molar-refractivity contribution in [1.29, 1.82) is 0 Å². The number of esters is 1. The number of rotatable bonds is 11. The van der Waals surface area contributed by atoms with Gasteiger partial charge in [-0.05, 0) is 24.7 Å². The molecule has 3 heteroatoms. The minimum Gasteiger partial charge on any atom is -0.460 e. The number of carbonyl (C=O) groups is 2. The van der Waals surface area contributed by atoms with Crippen molar-refractivity contribution in [3.8, 4) is 0 Å². The zero-order chi connectivity index (χ0) is 16.2. The zero-order valence-corrected chi connectivity index (χ0v) is 14.6. The molecule has 0 bridgehead atoms. The topological polar surface area (TPSA) is 43.4 Å². The van der Waals surface area contributed by atoms with Gasteiger partial charge < -0.3 is 4.74 Å². The molecular weight excluding hydrogens is 276 g/mol. The third-order valence-electron chi connectivity index (χ3n) is 4.79. The maximum Gasteiger partial charge on any atom is 0.374 e. The van der Waals surface area contributed by atoms with E-state index in [4.69, 9.17) is 4.74 Å². The molecule has 0 aromatic heterocycles. The summed E-state index contributed by atoms with van der Waals surface area (Å²) < 4.78 is 5.30. The van der Waals surface area contributed by atoms with Crippen molar-refractivity contribution < 1.29 is 14.3 Å². The van der Waals surface area contributed by atoms with E-state index in [0.717, 1.165) is 32.1 Å². The molecule has 0 aliphatic heterocycles. The highest BCUT2D eigenvalue weighted by molar-refractivity contribution is 6.33. The second kappa shape index (κ2) is 11.7. The molecule has 1 fully saturated rings. The summed E-state index contributed by atoms with van der Waals surface area (Å²) in [6.45, 7) is 4.77. The average molecular weight is 310 g/mol. The van der Waals surface area contributed by atoms with Crippen molar-refractivity contribution in [2.24, 2.45) is 11.8 Å². The van der Waals surface area contributed by atoms with E-state index in [1.54, 1.807) is 0 Å². The SMILES string of the molecule is CCCCCC(CCC)COC(=O)C(=O)CC1CCCCC1. The van der Waals surface area contributed by atoms with E-state index in [-0.39, 0.29) is 5.78 Å². The van der Waals surface area contributed by atoms with Crippen LogP contribution >= 0.6 is 0 Å². The molecule has 1 unspecified atom stereocenters. The van der Waals surface area contributed by atoms with Gasteiger partial charge in [0.1, 0.15) is 0 Å². The van der Waals surface area contributed by atoms with Gasteiger partial charge in [-0.3, -0.25) is 4.79 Å². The summed E-state index contributed by atoms with van der Waals surface area (Å²) in [5.41, 5.74) is 0. The predicted molar refractivity (Wildman–Crippen MR) is 89.7 cm³/mol. The van der Waals surface area contributed by atoms with Crippen LogP contribution < -0.4 is 0 Å². The Bertz CT molecular complexity index is 319. The number of unbranched alkanes of at least 4 members (excludes halogenated alkanes) is 2. The summed E-state index contributed by atoms with van der Waals surface area (Å²) in [7, 11) is 0. The summed E-state index contributed by atoms with van der Waals surface area (Å²) in [6, 6.07) is 0. The van der Waals surface area contributed by atoms with E-state index in [0.29, 0.717) is 24.9 Å². The van der Waals surface area contributed by atoms with E-state index in [2.05, 4.69) is 13.8 Å². The third-order valence-corrected chi connectivity index (χ3v) is 4.79. The van der Waals surface area contributed by atoms with Crippen molar-refractivity contribution >= 4 is 11.8 Å². The quantitative estimate of drug-likeness (QED) is 0.304. The molecule has 1 rings (SSSR count). The first-order chi connectivity index (χ1) is 10.7. The monoisotopic (exact) mass is 310 g/mol. The number of Topliss-reactive ketones (excluding diaryl/α,β-unsaturated/α-hetero) is 1. The highest BCUT2D eigenvalue weighted by Crippen LogP contribution is 2.26. The van der Waals surface area contributed by atoms with Crippen LogP contribution in [0.15, 0.2) is 0 Å². The first kappa shape index (κ1) is 19.2. The van der Waals surface area contributed by atoms with Crippen molar-refractivity contribution in [3.05, 3.63) is 0 Å². The maximum absolute atomic E-state index is 12.0. The first-order valence-corrected chi connectivity index (χ1v) is 9.37. The van der Waals surface area contributed by atoms with Crippen LogP contribution in [0.3, 0.4) is 0 Å². The van der Waals surface area contributed by atoms with Gasteiger partial charge in [0.05, 0.1) is 6.61 Å². The summed E-state index contributed by atoms with van der Waals surface area (Å²) in [4.78, 5) is 23.9. The number of hydrogen-bond acceptors (Lipinski definition) is 3. The Kier molecular flexibility index (Phi) is 10.2. The van der Waals surface area contributed by atoms with Gasteiger partial charge in [-0.15, -0.1) is 0 Å². The molecule has 0 radical (unpaired) electrons. The van der Waals surface area contributed by atoms with Gasteiger partial charge in [-0.25, -0.2) is 4.79 Å². The van der Waals surface area contributed by atoms with Gasteiger partial charge >= 0.3 is 5.97 Å². The van der Waals surface area contributed by atoms with Crippen molar-refractivity contribution in [2.45, 2.75) is 90.9 Å². The molecule has 1 saturated carbocycles. The van der Waals surface area contributed by atoms with E-state index >= 15 is 0 Å². The number of hydrogen-bond donors (Lipinski definition) is 0. The molecule has 0 amide bonds. The number of ketones is 1. The molecule has 3 nitrogen and oxygen atoms in total. The van der Waals surface area contributed by atoms with E-state index in [9.17, 15) is 9.59 Å². The summed E-state index contributed by atoms with van der Waals surface area (Å²) >= 11 is 0. The molecule has 22 heavy (non-hydrogen) atoms. The van der Waals surface area contributed by atoms with Gasteiger partial charge in [-0.1, -0.05) is 71.6 Å². The molecule has 0 spiro atoms. The third kappa shape index (κ3) is 7.95. The van der Waals surface area contributed by atoms with Crippen LogP contribution in [0.4, 0.5) is 0 Å². The molecule has 1 aliphatic rings. The van der Waals surface area contributed by atoms with E-state index in [1.165, 1.54) is 38.5 Å². The Balaban J connectivity index is 2.26. The Morgan fingerprint density at radius 3 is 2.36 bits per heavy atom. The van der Waals surface area contributed by atoms with Crippen LogP contribution in [0.5, 0.6) is 0 Å². The van der Waals surface area contributed by atoms with Crippen LogP contribution in [-0.4, -0.2) is 18.4 Å². The molecule has 1 atom stereocenters. The molecule has 0 heterocycles. The van der Waals surface area contributed by atoms with Gasteiger partial charge in [0.25, 0.3) is 0 Å². The zero-order valence-electron chi connectivity index (χ0n) is 14.6. The minimum atomic E-state index is -0.595. The fourth-order valence-corrected chi connectivity index (χ4v) is 3.41. The molecule has 0 saturated heterocycles. The van der Waals surface area contributed by atoms with Crippen molar-refractivity contribution in [2.75, 3.05) is 6.61 Å². The van der Waals surface area contributed by atoms with Gasteiger partial charge in [0, 0.05) is 6.42 Å². The van der Waals surface area contributed by atoms with E-state index in [1.807, 2.05) is 0 Å². The Labute approximate surface area is 136 Å². The normalized spacial score (nSPS) is 17.2. The fraction of sp³-hybridized carbons (Fsp3) is 0.895. The van der Waals surface area contributed by atoms with Crippen molar-refractivity contribution in [3.63, 3.8) is 0 Å². The largest absolute Gasteiger partial charge is 0.460 e. The van der Waals surface area contributed by atoms with Crippen LogP contribution in [0.25, 0.3) is 0 Å². The van der Waals surface area contributed by atoms with Crippen LogP contribution in [-0.2, 0) is 14.3 Å². The summed E-state index contributed by atoms with van der Waals surface area (Å²) in [6.07, 6.45) is 13.2. The number of carbonyl (C=O) groups excluding carboxylic acids is 2. The van der Waals surface area contributed by atoms with Gasteiger partial charge in [0.15, 0.2) is 0 Å².